The summed E-state index contributed by atoms with van der Waals surface area (Å²) in [5.41, 5.74) is 8.27. The van der Waals surface area contributed by atoms with Crippen molar-refractivity contribution in [1.29, 1.82) is 0 Å². The minimum absolute atomic E-state index is 0.0162. The molecule has 0 bridgehead atoms. The van der Waals surface area contributed by atoms with Crippen LogP contribution in [0.15, 0.2) is 54.6 Å². The summed E-state index contributed by atoms with van der Waals surface area (Å²) in [6.45, 7) is 0.677. The molecule has 1 heterocycles. The van der Waals surface area contributed by atoms with E-state index in [1.165, 1.54) is 5.56 Å². The molecule has 0 saturated carbocycles. The van der Waals surface area contributed by atoms with Gasteiger partial charge in [0.05, 0.1) is 12.5 Å². The maximum absolute atomic E-state index is 12.7. The summed E-state index contributed by atoms with van der Waals surface area (Å²) < 4.78 is 0. The van der Waals surface area contributed by atoms with Crippen LogP contribution in [0.1, 0.15) is 23.6 Å². The van der Waals surface area contributed by atoms with Crippen LogP contribution in [0.3, 0.4) is 0 Å². The van der Waals surface area contributed by atoms with E-state index in [0.717, 1.165) is 17.7 Å². The van der Waals surface area contributed by atoms with Crippen molar-refractivity contribution in [3.05, 3.63) is 65.7 Å². The maximum Gasteiger partial charge on any atom is 0.312 e. The van der Waals surface area contributed by atoms with E-state index in [2.05, 4.69) is 5.32 Å². The topological polar surface area (TPSA) is 75.4 Å². The molecule has 0 radical (unpaired) electrons. The molecule has 1 aliphatic heterocycles. The lowest BCUT2D eigenvalue weighted by Gasteiger charge is -2.22. The molecule has 1 aliphatic rings. The Morgan fingerprint density at radius 2 is 1.78 bits per heavy atom. The lowest BCUT2D eigenvalue weighted by molar-refractivity contribution is -0.119. The summed E-state index contributed by atoms with van der Waals surface area (Å²) in [4.78, 5) is 25.8. The maximum atomic E-state index is 12.7. The summed E-state index contributed by atoms with van der Waals surface area (Å²) in [6, 6.07) is 16.3. The van der Waals surface area contributed by atoms with E-state index in [0.29, 0.717) is 6.54 Å². The number of para-hydroxylation sites is 1. The number of amides is 3. The van der Waals surface area contributed by atoms with Gasteiger partial charge in [0.1, 0.15) is 0 Å². The van der Waals surface area contributed by atoms with E-state index in [1.54, 1.807) is 4.90 Å². The smallest absolute Gasteiger partial charge is 0.312 e. The minimum atomic E-state index is -0.631. The average molecular weight is 309 g/mol. The van der Waals surface area contributed by atoms with E-state index in [-0.39, 0.29) is 12.3 Å². The van der Waals surface area contributed by atoms with Crippen LogP contribution < -0.4 is 16.0 Å². The third-order valence-electron chi connectivity index (χ3n) is 4.09. The number of hydrogen-bond donors (Lipinski definition) is 2. The van der Waals surface area contributed by atoms with Gasteiger partial charge in [-0.2, -0.15) is 0 Å². The average Bonchev–Trinajstić information content (AvgIpc) is 2.99. The van der Waals surface area contributed by atoms with Gasteiger partial charge in [-0.15, -0.1) is 0 Å². The van der Waals surface area contributed by atoms with Crippen molar-refractivity contribution in [2.45, 2.75) is 18.9 Å². The van der Waals surface area contributed by atoms with Crippen LogP contribution in [0, 0.1) is 0 Å². The number of urea groups is 1. The molecule has 3 N–H and O–H groups in total. The number of rotatable bonds is 4. The van der Waals surface area contributed by atoms with Crippen molar-refractivity contribution in [1.82, 2.24) is 5.32 Å². The van der Waals surface area contributed by atoms with E-state index in [4.69, 9.17) is 5.73 Å². The normalized spacial score (nSPS) is 14.2. The second kappa shape index (κ2) is 6.52. The molecule has 1 unspecified atom stereocenters. The van der Waals surface area contributed by atoms with Gasteiger partial charge in [-0.25, -0.2) is 4.79 Å². The molecule has 2 aromatic carbocycles. The van der Waals surface area contributed by atoms with Crippen molar-refractivity contribution < 1.29 is 9.59 Å². The van der Waals surface area contributed by atoms with Crippen molar-refractivity contribution in [2.24, 2.45) is 5.73 Å². The molecule has 3 amide bonds. The first-order valence-corrected chi connectivity index (χ1v) is 7.64. The molecule has 0 fully saturated rings. The zero-order valence-electron chi connectivity index (χ0n) is 12.7. The highest BCUT2D eigenvalue weighted by Gasteiger charge is 2.27. The first kappa shape index (κ1) is 15.1. The molecule has 1 atom stereocenters. The van der Waals surface area contributed by atoms with E-state index in [1.807, 2.05) is 54.6 Å². The number of nitrogens with zero attached hydrogens (tertiary/aromatic N) is 1. The van der Waals surface area contributed by atoms with E-state index < -0.39 is 12.1 Å². The van der Waals surface area contributed by atoms with Gasteiger partial charge in [0, 0.05) is 12.2 Å². The van der Waals surface area contributed by atoms with Gasteiger partial charge in [0.15, 0.2) is 0 Å². The Labute approximate surface area is 135 Å². The fourth-order valence-corrected chi connectivity index (χ4v) is 2.99. The number of hydrogen-bond acceptors (Lipinski definition) is 2. The molecule has 3 rings (SSSR count). The van der Waals surface area contributed by atoms with Gasteiger partial charge in [-0.05, 0) is 23.6 Å². The lowest BCUT2D eigenvalue weighted by Crippen LogP contribution is -2.38. The van der Waals surface area contributed by atoms with Crippen molar-refractivity contribution in [2.75, 3.05) is 11.4 Å². The van der Waals surface area contributed by atoms with Crippen LogP contribution in [-0.2, 0) is 11.2 Å². The molecule has 5 nitrogen and oxygen atoms in total. The number of anilines is 1. The molecule has 118 valence electrons. The Bertz CT molecular complexity index is 715. The zero-order valence-corrected chi connectivity index (χ0v) is 12.7. The number of nitrogens with one attached hydrogen (secondary N) is 1. The summed E-state index contributed by atoms with van der Waals surface area (Å²) >= 11 is 0. The summed E-state index contributed by atoms with van der Waals surface area (Å²) in [7, 11) is 0. The second-order valence-electron chi connectivity index (χ2n) is 5.60. The van der Waals surface area contributed by atoms with Crippen LogP contribution in [0.5, 0.6) is 0 Å². The molecule has 0 aliphatic carbocycles. The van der Waals surface area contributed by atoms with Gasteiger partial charge in [0.25, 0.3) is 0 Å². The standard InChI is InChI=1S/C18H19N3O2/c19-18(23)20-15(13-6-2-1-3-7-13)12-17(22)21-11-10-14-8-4-5-9-16(14)21/h1-9,15H,10-12H2,(H3,19,20,23). The fourth-order valence-electron chi connectivity index (χ4n) is 2.99. The summed E-state index contributed by atoms with van der Waals surface area (Å²) in [6.07, 6.45) is 1.04. The Balaban J connectivity index is 1.78. The van der Waals surface area contributed by atoms with Crippen LogP contribution in [0.2, 0.25) is 0 Å². The minimum Gasteiger partial charge on any atom is -0.352 e. The number of carbonyl (C=O) groups excluding carboxylic acids is 2. The molecule has 5 heteroatoms. The molecule has 0 spiro atoms. The third kappa shape index (κ3) is 3.34. The summed E-state index contributed by atoms with van der Waals surface area (Å²) in [5, 5.41) is 2.67. The van der Waals surface area contributed by atoms with E-state index >= 15 is 0 Å². The lowest BCUT2D eigenvalue weighted by atomic mass is 10.0. The van der Waals surface area contributed by atoms with Crippen LogP contribution >= 0.6 is 0 Å². The first-order chi connectivity index (χ1) is 11.1. The van der Waals surface area contributed by atoms with Crippen molar-refractivity contribution >= 4 is 17.6 Å². The highest BCUT2D eigenvalue weighted by molar-refractivity contribution is 5.96. The highest BCUT2D eigenvalue weighted by atomic mass is 16.2. The van der Waals surface area contributed by atoms with Crippen molar-refractivity contribution in [3.63, 3.8) is 0 Å². The van der Waals surface area contributed by atoms with Gasteiger partial charge in [0.2, 0.25) is 5.91 Å². The van der Waals surface area contributed by atoms with Gasteiger partial charge >= 0.3 is 6.03 Å². The molecule has 2 aromatic rings. The predicted octanol–water partition coefficient (Wildman–Crippen LogP) is 2.38. The fraction of sp³-hybridized carbons (Fsp3) is 0.222. The number of fused-ring (bicyclic) bond motifs is 1. The van der Waals surface area contributed by atoms with Crippen LogP contribution in [-0.4, -0.2) is 18.5 Å². The number of carbonyl (C=O) groups is 2. The van der Waals surface area contributed by atoms with Crippen LogP contribution in [0.4, 0.5) is 10.5 Å². The second-order valence-corrected chi connectivity index (χ2v) is 5.60. The van der Waals surface area contributed by atoms with E-state index in [9.17, 15) is 9.59 Å². The van der Waals surface area contributed by atoms with Crippen LogP contribution in [0.25, 0.3) is 0 Å². The predicted molar refractivity (Wildman–Crippen MR) is 89.0 cm³/mol. The Morgan fingerprint density at radius 3 is 2.52 bits per heavy atom. The number of primary amides is 1. The van der Waals surface area contributed by atoms with Crippen molar-refractivity contribution in [3.8, 4) is 0 Å². The monoisotopic (exact) mass is 309 g/mol. The third-order valence-corrected chi connectivity index (χ3v) is 4.09. The highest BCUT2D eigenvalue weighted by Crippen LogP contribution is 2.29. The number of nitrogens with two attached hydrogens (primary N) is 1. The summed E-state index contributed by atoms with van der Waals surface area (Å²) in [5.74, 6) is -0.0162. The van der Waals surface area contributed by atoms with Gasteiger partial charge < -0.3 is 16.0 Å². The first-order valence-electron chi connectivity index (χ1n) is 7.64. The largest absolute Gasteiger partial charge is 0.352 e. The molecule has 0 aromatic heterocycles. The number of benzene rings is 2. The Kier molecular flexibility index (Phi) is 4.28. The zero-order chi connectivity index (χ0) is 16.2. The molecule has 0 saturated heterocycles. The SMILES string of the molecule is NC(=O)NC(CC(=O)N1CCc2ccccc21)c1ccccc1. The quantitative estimate of drug-likeness (QED) is 0.910. The molecular weight excluding hydrogens is 290 g/mol. The van der Waals surface area contributed by atoms with Gasteiger partial charge in [-0.1, -0.05) is 48.5 Å². The van der Waals surface area contributed by atoms with Gasteiger partial charge in [-0.3, -0.25) is 4.79 Å². The Hall–Kier alpha value is -2.82. The Morgan fingerprint density at radius 1 is 1.09 bits per heavy atom. The molecule has 23 heavy (non-hydrogen) atoms. The molecular formula is C18H19N3O2.